The highest BCUT2D eigenvalue weighted by molar-refractivity contribution is 5.72. The van der Waals surface area contributed by atoms with Crippen molar-refractivity contribution in [2.75, 3.05) is 12.3 Å². The predicted molar refractivity (Wildman–Crippen MR) is 65.7 cm³/mol. The van der Waals surface area contributed by atoms with E-state index in [2.05, 4.69) is 10.3 Å². The maximum absolute atomic E-state index is 10.6. The summed E-state index contributed by atoms with van der Waals surface area (Å²) in [5, 5.41) is 2.72. The first-order valence-electron chi connectivity index (χ1n) is 5.23. The van der Waals surface area contributed by atoms with E-state index in [0.717, 1.165) is 17.7 Å². The molecule has 1 amide bonds. The number of nitrogens with zero attached hydrogens (tertiary/aromatic N) is 1. The average molecular weight is 219 g/mol. The van der Waals surface area contributed by atoms with Crippen LogP contribution < -0.4 is 11.1 Å². The maximum atomic E-state index is 10.6. The van der Waals surface area contributed by atoms with Gasteiger partial charge in [0.2, 0.25) is 5.91 Å². The van der Waals surface area contributed by atoms with E-state index in [4.69, 9.17) is 5.73 Å². The summed E-state index contributed by atoms with van der Waals surface area (Å²) in [4.78, 5) is 14.8. The van der Waals surface area contributed by atoms with Crippen molar-refractivity contribution in [2.24, 2.45) is 0 Å². The summed E-state index contributed by atoms with van der Waals surface area (Å²) in [5.41, 5.74) is 7.56. The quantitative estimate of drug-likeness (QED) is 0.754. The molecule has 4 nitrogen and oxygen atoms in total. The molecule has 0 bridgehead atoms. The van der Waals surface area contributed by atoms with Crippen LogP contribution in [0.25, 0.3) is 6.08 Å². The molecule has 0 fully saturated rings. The van der Waals surface area contributed by atoms with Crippen molar-refractivity contribution in [1.29, 1.82) is 0 Å². The number of hydrogen-bond donors (Lipinski definition) is 2. The second-order valence-electron chi connectivity index (χ2n) is 3.61. The number of nitrogens with one attached hydrogen (secondary N) is 1. The molecule has 0 aliphatic rings. The highest BCUT2D eigenvalue weighted by Gasteiger charge is 1.95. The second kappa shape index (κ2) is 5.90. The van der Waals surface area contributed by atoms with Gasteiger partial charge in [-0.3, -0.25) is 4.79 Å². The number of nitrogen functional groups attached to an aromatic ring is 1. The first kappa shape index (κ1) is 12.2. The van der Waals surface area contributed by atoms with E-state index < -0.39 is 0 Å². The van der Waals surface area contributed by atoms with E-state index in [1.54, 1.807) is 6.07 Å². The molecule has 0 saturated carbocycles. The van der Waals surface area contributed by atoms with Crippen molar-refractivity contribution in [1.82, 2.24) is 10.3 Å². The molecule has 16 heavy (non-hydrogen) atoms. The van der Waals surface area contributed by atoms with Gasteiger partial charge in [0.1, 0.15) is 5.82 Å². The van der Waals surface area contributed by atoms with Crippen LogP contribution in [0.3, 0.4) is 0 Å². The third kappa shape index (κ3) is 4.13. The van der Waals surface area contributed by atoms with Gasteiger partial charge in [-0.05, 0) is 31.1 Å². The van der Waals surface area contributed by atoms with E-state index >= 15 is 0 Å². The van der Waals surface area contributed by atoms with Gasteiger partial charge in [-0.25, -0.2) is 4.98 Å². The molecule has 0 saturated heterocycles. The minimum Gasteiger partial charge on any atom is -0.384 e. The Morgan fingerprint density at radius 3 is 3.00 bits per heavy atom. The molecule has 0 radical (unpaired) electrons. The highest BCUT2D eigenvalue weighted by atomic mass is 16.1. The molecular formula is C12H17N3O. The SMILES string of the molecule is CC(=O)NCCC=Cc1nc(N)ccc1C. The molecule has 1 aromatic heterocycles. The lowest BCUT2D eigenvalue weighted by molar-refractivity contribution is -0.118. The number of amides is 1. The van der Waals surface area contributed by atoms with Crippen molar-refractivity contribution in [3.8, 4) is 0 Å². The molecule has 1 aromatic rings. The van der Waals surface area contributed by atoms with Crippen molar-refractivity contribution < 1.29 is 4.79 Å². The Morgan fingerprint density at radius 1 is 1.56 bits per heavy atom. The summed E-state index contributed by atoms with van der Waals surface area (Å²) in [7, 11) is 0. The molecule has 1 heterocycles. The first-order valence-corrected chi connectivity index (χ1v) is 5.23. The number of hydrogen-bond acceptors (Lipinski definition) is 3. The van der Waals surface area contributed by atoms with Gasteiger partial charge in [-0.15, -0.1) is 0 Å². The van der Waals surface area contributed by atoms with E-state index in [9.17, 15) is 4.79 Å². The Kier molecular flexibility index (Phi) is 4.51. The summed E-state index contributed by atoms with van der Waals surface area (Å²) in [5.74, 6) is 0.513. The van der Waals surface area contributed by atoms with Crippen LogP contribution in [0, 0.1) is 6.92 Å². The third-order valence-corrected chi connectivity index (χ3v) is 2.12. The van der Waals surface area contributed by atoms with Crippen LogP contribution in [-0.2, 0) is 4.79 Å². The summed E-state index contributed by atoms with van der Waals surface area (Å²) in [6.07, 6.45) is 4.69. The standard InChI is InChI=1S/C12H17N3O/c1-9-6-7-12(13)15-11(9)5-3-4-8-14-10(2)16/h3,5-7H,4,8H2,1-2H3,(H2,13,15)(H,14,16). The van der Waals surface area contributed by atoms with Gasteiger partial charge in [0.15, 0.2) is 0 Å². The summed E-state index contributed by atoms with van der Waals surface area (Å²) in [6.45, 7) is 4.14. The zero-order valence-electron chi connectivity index (χ0n) is 9.66. The number of pyridine rings is 1. The van der Waals surface area contributed by atoms with Crippen LogP contribution in [0.5, 0.6) is 0 Å². The largest absolute Gasteiger partial charge is 0.384 e. The van der Waals surface area contributed by atoms with Gasteiger partial charge >= 0.3 is 0 Å². The number of carbonyl (C=O) groups excluding carboxylic acids is 1. The van der Waals surface area contributed by atoms with Gasteiger partial charge in [-0.2, -0.15) is 0 Å². The summed E-state index contributed by atoms with van der Waals surface area (Å²) < 4.78 is 0. The van der Waals surface area contributed by atoms with E-state index in [1.165, 1.54) is 6.92 Å². The molecule has 0 aliphatic heterocycles. The topological polar surface area (TPSA) is 68.0 Å². The van der Waals surface area contributed by atoms with Crippen LogP contribution >= 0.6 is 0 Å². The lowest BCUT2D eigenvalue weighted by Gasteiger charge is -2.01. The fourth-order valence-corrected chi connectivity index (χ4v) is 1.26. The van der Waals surface area contributed by atoms with E-state index in [-0.39, 0.29) is 5.91 Å². The maximum Gasteiger partial charge on any atom is 0.216 e. The fourth-order valence-electron chi connectivity index (χ4n) is 1.26. The lowest BCUT2D eigenvalue weighted by Crippen LogP contribution is -2.20. The Morgan fingerprint density at radius 2 is 2.31 bits per heavy atom. The summed E-state index contributed by atoms with van der Waals surface area (Å²) >= 11 is 0. The predicted octanol–water partition coefficient (Wildman–Crippen LogP) is 1.51. The Labute approximate surface area is 95.6 Å². The molecule has 0 unspecified atom stereocenters. The fraction of sp³-hybridized carbons (Fsp3) is 0.333. The third-order valence-electron chi connectivity index (χ3n) is 2.12. The van der Waals surface area contributed by atoms with Crippen molar-refractivity contribution >= 4 is 17.8 Å². The number of rotatable bonds is 4. The number of nitrogens with two attached hydrogens (primary N) is 1. The van der Waals surface area contributed by atoms with Crippen LogP contribution in [0.15, 0.2) is 18.2 Å². The van der Waals surface area contributed by atoms with E-state index in [1.807, 2.05) is 25.1 Å². The van der Waals surface area contributed by atoms with Gasteiger partial charge in [0.25, 0.3) is 0 Å². The molecule has 3 N–H and O–H groups in total. The number of aryl methyl sites for hydroxylation is 1. The minimum absolute atomic E-state index is 0.00772. The Bertz CT molecular complexity index is 399. The first-order chi connectivity index (χ1) is 7.59. The van der Waals surface area contributed by atoms with Gasteiger partial charge in [-0.1, -0.05) is 12.1 Å². The Hall–Kier alpha value is -1.84. The van der Waals surface area contributed by atoms with Crippen LogP contribution in [0.1, 0.15) is 24.6 Å². The van der Waals surface area contributed by atoms with Gasteiger partial charge < -0.3 is 11.1 Å². The molecule has 1 rings (SSSR count). The number of carbonyl (C=O) groups is 1. The molecule has 86 valence electrons. The highest BCUT2D eigenvalue weighted by Crippen LogP contribution is 2.09. The van der Waals surface area contributed by atoms with Gasteiger partial charge in [0, 0.05) is 13.5 Å². The zero-order valence-corrected chi connectivity index (χ0v) is 9.66. The van der Waals surface area contributed by atoms with Crippen molar-refractivity contribution in [3.63, 3.8) is 0 Å². The molecule has 0 spiro atoms. The zero-order chi connectivity index (χ0) is 12.0. The molecular weight excluding hydrogens is 202 g/mol. The molecule has 0 aromatic carbocycles. The normalized spacial score (nSPS) is 10.6. The molecule has 0 atom stereocenters. The van der Waals surface area contributed by atoms with Crippen LogP contribution in [0.4, 0.5) is 5.82 Å². The number of aromatic nitrogens is 1. The molecule has 4 heteroatoms. The average Bonchev–Trinajstić information content (AvgIpc) is 2.22. The van der Waals surface area contributed by atoms with Gasteiger partial charge in [0.05, 0.1) is 5.69 Å². The van der Waals surface area contributed by atoms with Crippen LogP contribution in [0.2, 0.25) is 0 Å². The summed E-state index contributed by atoms with van der Waals surface area (Å²) in [6, 6.07) is 3.72. The minimum atomic E-state index is -0.00772. The van der Waals surface area contributed by atoms with Crippen molar-refractivity contribution in [3.05, 3.63) is 29.5 Å². The lowest BCUT2D eigenvalue weighted by atomic mass is 10.2. The molecule has 0 aliphatic carbocycles. The Balaban J connectivity index is 2.49. The van der Waals surface area contributed by atoms with E-state index in [0.29, 0.717) is 12.4 Å². The second-order valence-corrected chi connectivity index (χ2v) is 3.61. The smallest absolute Gasteiger partial charge is 0.216 e. The number of anilines is 1. The monoisotopic (exact) mass is 219 g/mol. The van der Waals surface area contributed by atoms with Crippen molar-refractivity contribution in [2.45, 2.75) is 20.3 Å². The van der Waals surface area contributed by atoms with Crippen LogP contribution in [-0.4, -0.2) is 17.4 Å².